The van der Waals surface area contributed by atoms with E-state index in [-0.39, 0.29) is 12.0 Å². The number of amides is 1. The molecule has 0 radical (unpaired) electrons. The highest BCUT2D eigenvalue weighted by Gasteiger charge is 2.31. The molecule has 0 unspecified atom stereocenters. The first-order valence-corrected chi connectivity index (χ1v) is 8.26. The van der Waals surface area contributed by atoms with Crippen LogP contribution in [0.5, 0.6) is 0 Å². The van der Waals surface area contributed by atoms with Crippen LogP contribution >= 0.6 is 0 Å². The molecule has 1 heterocycles. The number of carbonyl (C=O) groups excluding carboxylic acids is 1. The van der Waals surface area contributed by atoms with E-state index in [1.54, 1.807) is 0 Å². The van der Waals surface area contributed by atoms with Gasteiger partial charge in [-0.1, -0.05) is 30.3 Å². The summed E-state index contributed by atoms with van der Waals surface area (Å²) < 4.78 is 0. The van der Waals surface area contributed by atoms with Crippen molar-refractivity contribution < 1.29 is 9.90 Å². The topological polar surface area (TPSA) is 40.5 Å². The summed E-state index contributed by atoms with van der Waals surface area (Å²) in [4.78, 5) is 14.5. The smallest absolute Gasteiger partial charge is 0.225 e. The average Bonchev–Trinajstić information content (AvgIpc) is 2.56. The molecule has 0 bridgehead atoms. The molecular formula is C18H25NO2. The third kappa shape index (κ3) is 3.46. The Bertz CT molecular complexity index is 457. The van der Waals surface area contributed by atoms with Crippen molar-refractivity contribution in [2.24, 2.45) is 5.92 Å². The van der Waals surface area contributed by atoms with Crippen LogP contribution in [0.2, 0.25) is 0 Å². The predicted octanol–water partition coefficient (Wildman–Crippen LogP) is 2.94. The van der Waals surface area contributed by atoms with Crippen molar-refractivity contribution in [3.05, 3.63) is 35.9 Å². The van der Waals surface area contributed by atoms with Gasteiger partial charge in [-0.05, 0) is 50.0 Å². The maximum absolute atomic E-state index is 12.5. The number of carbonyl (C=O) groups is 1. The van der Waals surface area contributed by atoms with E-state index in [4.69, 9.17) is 0 Å². The second-order valence-electron chi connectivity index (χ2n) is 6.52. The number of hydrogen-bond donors (Lipinski definition) is 1. The zero-order valence-electron chi connectivity index (χ0n) is 12.6. The SMILES string of the molecule is O=C(C1CCC(c2ccccc2)CC1)N1CCC(O)CC1. The monoisotopic (exact) mass is 287 g/mol. The van der Waals surface area contributed by atoms with Crippen molar-refractivity contribution in [2.75, 3.05) is 13.1 Å². The van der Waals surface area contributed by atoms with Gasteiger partial charge in [0.2, 0.25) is 5.91 Å². The summed E-state index contributed by atoms with van der Waals surface area (Å²) in [5.74, 6) is 1.16. The zero-order valence-corrected chi connectivity index (χ0v) is 12.6. The molecule has 1 aliphatic heterocycles. The van der Waals surface area contributed by atoms with Gasteiger partial charge in [0.1, 0.15) is 0 Å². The second kappa shape index (κ2) is 6.61. The minimum absolute atomic E-state index is 0.206. The molecule has 114 valence electrons. The maximum Gasteiger partial charge on any atom is 0.225 e. The number of benzene rings is 1. The van der Waals surface area contributed by atoms with E-state index in [0.717, 1.165) is 51.6 Å². The lowest BCUT2D eigenvalue weighted by molar-refractivity contribution is -0.138. The molecule has 1 aromatic carbocycles. The third-order valence-corrected chi connectivity index (χ3v) is 5.12. The van der Waals surface area contributed by atoms with Gasteiger partial charge in [0.05, 0.1) is 6.10 Å². The van der Waals surface area contributed by atoms with Crippen LogP contribution in [0.3, 0.4) is 0 Å². The third-order valence-electron chi connectivity index (χ3n) is 5.12. The van der Waals surface area contributed by atoms with Crippen molar-refractivity contribution in [1.82, 2.24) is 4.90 Å². The van der Waals surface area contributed by atoms with Crippen molar-refractivity contribution in [3.63, 3.8) is 0 Å². The van der Waals surface area contributed by atoms with E-state index in [2.05, 4.69) is 30.3 Å². The predicted molar refractivity (Wildman–Crippen MR) is 83.0 cm³/mol. The van der Waals surface area contributed by atoms with Gasteiger partial charge in [0.15, 0.2) is 0 Å². The van der Waals surface area contributed by atoms with Gasteiger partial charge in [-0.15, -0.1) is 0 Å². The second-order valence-corrected chi connectivity index (χ2v) is 6.52. The van der Waals surface area contributed by atoms with Crippen LogP contribution in [0.1, 0.15) is 50.0 Å². The van der Waals surface area contributed by atoms with Gasteiger partial charge in [-0.2, -0.15) is 0 Å². The van der Waals surface area contributed by atoms with Crippen LogP contribution in [0, 0.1) is 5.92 Å². The molecule has 0 spiro atoms. The van der Waals surface area contributed by atoms with E-state index in [9.17, 15) is 9.90 Å². The Morgan fingerprint density at radius 2 is 1.57 bits per heavy atom. The van der Waals surface area contributed by atoms with Gasteiger partial charge < -0.3 is 10.0 Å². The first-order valence-electron chi connectivity index (χ1n) is 8.26. The summed E-state index contributed by atoms with van der Waals surface area (Å²) in [6.45, 7) is 1.47. The lowest BCUT2D eigenvalue weighted by atomic mass is 9.78. The molecule has 1 N–H and O–H groups in total. The fraction of sp³-hybridized carbons (Fsp3) is 0.611. The van der Waals surface area contributed by atoms with E-state index in [1.807, 2.05) is 4.90 Å². The molecule has 0 aromatic heterocycles. The van der Waals surface area contributed by atoms with Crippen LogP contribution in [-0.2, 0) is 4.79 Å². The quantitative estimate of drug-likeness (QED) is 0.908. The molecule has 0 atom stereocenters. The Hall–Kier alpha value is -1.35. The van der Waals surface area contributed by atoms with Crippen molar-refractivity contribution in [1.29, 1.82) is 0 Å². The molecule has 3 nitrogen and oxygen atoms in total. The van der Waals surface area contributed by atoms with Crippen LogP contribution in [0.25, 0.3) is 0 Å². The molecule has 2 aliphatic rings. The summed E-state index contributed by atoms with van der Waals surface area (Å²) in [7, 11) is 0. The number of nitrogens with zero attached hydrogens (tertiary/aromatic N) is 1. The number of piperidine rings is 1. The largest absolute Gasteiger partial charge is 0.393 e. The molecule has 1 aromatic rings. The minimum Gasteiger partial charge on any atom is -0.393 e. The lowest BCUT2D eigenvalue weighted by Crippen LogP contribution is -2.43. The highest BCUT2D eigenvalue weighted by molar-refractivity contribution is 5.79. The van der Waals surface area contributed by atoms with Crippen LogP contribution < -0.4 is 0 Å². The van der Waals surface area contributed by atoms with Crippen LogP contribution in [0.15, 0.2) is 30.3 Å². The highest BCUT2D eigenvalue weighted by atomic mass is 16.3. The molecular weight excluding hydrogens is 262 g/mol. The number of hydrogen-bond acceptors (Lipinski definition) is 2. The average molecular weight is 287 g/mol. The molecule has 3 rings (SSSR count). The minimum atomic E-state index is -0.206. The van der Waals surface area contributed by atoms with Crippen LogP contribution in [0.4, 0.5) is 0 Å². The molecule has 2 fully saturated rings. The Kier molecular flexibility index (Phi) is 4.59. The van der Waals surface area contributed by atoms with E-state index < -0.39 is 0 Å². The van der Waals surface area contributed by atoms with Gasteiger partial charge in [0, 0.05) is 19.0 Å². The van der Waals surface area contributed by atoms with E-state index in [1.165, 1.54) is 5.56 Å². The van der Waals surface area contributed by atoms with E-state index in [0.29, 0.717) is 11.8 Å². The number of likely N-dealkylation sites (tertiary alicyclic amines) is 1. The van der Waals surface area contributed by atoms with E-state index >= 15 is 0 Å². The molecule has 1 saturated heterocycles. The van der Waals surface area contributed by atoms with Gasteiger partial charge >= 0.3 is 0 Å². The maximum atomic E-state index is 12.5. The zero-order chi connectivity index (χ0) is 14.7. The number of aliphatic hydroxyl groups is 1. The number of rotatable bonds is 2. The Morgan fingerprint density at radius 1 is 0.952 bits per heavy atom. The lowest BCUT2D eigenvalue weighted by Gasteiger charge is -2.35. The molecule has 3 heteroatoms. The number of aliphatic hydroxyl groups excluding tert-OH is 1. The van der Waals surface area contributed by atoms with Gasteiger partial charge in [-0.3, -0.25) is 4.79 Å². The first kappa shape index (κ1) is 14.6. The summed E-state index contributed by atoms with van der Waals surface area (Å²) in [6.07, 6.45) is 5.54. The van der Waals surface area contributed by atoms with Crippen molar-refractivity contribution in [3.8, 4) is 0 Å². The highest BCUT2D eigenvalue weighted by Crippen LogP contribution is 2.36. The van der Waals surface area contributed by atoms with Gasteiger partial charge in [0.25, 0.3) is 0 Å². The fourth-order valence-corrected chi connectivity index (χ4v) is 3.74. The van der Waals surface area contributed by atoms with Crippen LogP contribution in [-0.4, -0.2) is 35.1 Å². The molecule has 1 amide bonds. The molecule has 1 saturated carbocycles. The summed E-state index contributed by atoms with van der Waals surface area (Å²) >= 11 is 0. The summed E-state index contributed by atoms with van der Waals surface area (Å²) in [5.41, 5.74) is 1.42. The Morgan fingerprint density at radius 3 is 2.19 bits per heavy atom. The summed E-state index contributed by atoms with van der Waals surface area (Å²) in [5, 5.41) is 9.54. The molecule has 21 heavy (non-hydrogen) atoms. The standard InChI is InChI=1S/C18H25NO2/c20-17-10-12-19(13-11-17)18(21)16-8-6-15(7-9-16)14-4-2-1-3-5-14/h1-5,15-17,20H,6-13H2. The normalized spacial score (nSPS) is 27.6. The van der Waals surface area contributed by atoms with Crippen molar-refractivity contribution >= 4 is 5.91 Å². The fourth-order valence-electron chi connectivity index (χ4n) is 3.74. The summed E-state index contributed by atoms with van der Waals surface area (Å²) in [6, 6.07) is 10.7. The molecule has 1 aliphatic carbocycles. The Balaban J connectivity index is 1.52. The van der Waals surface area contributed by atoms with Crippen molar-refractivity contribution in [2.45, 2.75) is 50.5 Å². The first-order chi connectivity index (χ1) is 10.2. The van der Waals surface area contributed by atoms with Gasteiger partial charge in [-0.25, -0.2) is 0 Å². The Labute approximate surface area is 127 Å².